The van der Waals surface area contributed by atoms with E-state index in [0.29, 0.717) is 30.3 Å². The summed E-state index contributed by atoms with van der Waals surface area (Å²) in [6.45, 7) is 2.98. The molecule has 0 atom stereocenters. The van der Waals surface area contributed by atoms with Crippen LogP contribution in [-0.4, -0.2) is 17.5 Å². The number of hydrogen-bond donors (Lipinski definition) is 0. The Kier molecular flexibility index (Phi) is 5.23. The van der Waals surface area contributed by atoms with Crippen LogP contribution in [0.3, 0.4) is 0 Å². The lowest BCUT2D eigenvalue weighted by atomic mass is 10.2. The van der Waals surface area contributed by atoms with Gasteiger partial charge in [0.05, 0.1) is 13.2 Å². The summed E-state index contributed by atoms with van der Waals surface area (Å²) in [7, 11) is 0. The number of carbonyl (C=O) groups is 1. The maximum Gasteiger partial charge on any atom is 0.259 e. The van der Waals surface area contributed by atoms with Crippen LogP contribution in [0.5, 0.6) is 5.75 Å². The third-order valence-corrected chi connectivity index (χ3v) is 4.32. The van der Waals surface area contributed by atoms with E-state index in [1.807, 2.05) is 54.8 Å². The van der Waals surface area contributed by atoms with E-state index < -0.39 is 0 Å². The molecule has 0 aliphatic carbocycles. The molecular weight excluding hydrogens is 320 g/mol. The molecule has 3 aromatic rings. The molecule has 3 rings (SSSR count). The van der Waals surface area contributed by atoms with Crippen molar-refractivity contribution in [1.29, 1.82) is 0 Å². The van der Waals surface area contributed by atoms with E-state index >= 15 is 0 Å². The minimum Gasteiger partial charge on any atom is -0.494 e. The van der Waals surface area contributed by atoms with Crippen molar-refractivity contribution < 1.29 is 9.53 Å². The molecule has 0 aliphatic heterocycles. The second-order valence-electron chi connectivity index (χ2n) is 5.12. The summed E-state index contributed by atoms with van der Waals surface area (Å²) in [6.07, 6.45) is 1.70. The van der Waals surface area contributed by atoms with Crippen molar-refractivity contribution in [3.63, 3.8) is 0 Å². The summed E-state index contributed by atoms with van der Waals surface area (Å²) in [5, 5.41) is 2.01. The first-order chi connectivity index (χ1) is 11.8. The molecule has 0 radical (unpaired) electrons. The zero-order valence-corrected chi connectivity index (χ0v) is 14.2. The minimum atomic E-state index is -0.0938. The molecule has 0 N–H and O–H groups in total. The molecule has 24 heavy (non-hydrogen) atoms. The van der Waals surface area contributed by atoms with Crippen molar-refractivity contribution in [2.45, 2.75) is 13.5 Å². The van der Waals surface area contributed by atoms with Gasteiger partial charge >= 0.3 is 0 Å². The van der Waals surface area contributed by atoms with Gasteiger partial charge in [-0.25, -0.2) is 4.98 Å². The second-order valence-corrected chi connectivity index (χ2v) is 6.15. The van der Waals surface area contributed by atoms with Crippen molar-refractivity contribution in [2.75, 3.05) is 11.5 Å². The van der Waals surface area contributed by atoms with E-state index in [0.717, 1.165) is 4.88 Å². The lowest BCUT2D eigenvalue weighted by Gasteiger charge is -2.21. The van der Waals surface area contributed by atoms with Crippen LogP contribution in [-0.2, 0) is 6.54 Å². The van der Waals surface area contributed by atoms with E-state index in [9.17, 15) is 4.79 Å². The molecule has 4 nitrogen and oxygen atoms in total. The molecule has 0 bridgehead atoms. The summed E-state index contributed by atoms with van der Waals surface area (Å²) < 4.78 is 5.50. The Labute approximate surface area is 145 Å². The maximum atomic E-state index is 13.1. The van der Waals surface area contributed by atoms with Crippen LogP contribution in [0.2, 0.25) is 0 Å². The molecule has 0 fully saturated rings. The predicted octanol–water partition coefficient (Wildman–Crippen LogP) is 4.39. The number of rotatable bonds is 6. The second kappa shape index (κ2) is 7.75. The summed E-state index contributed by atoms with van der Waals surface area (Å²) >= 11 is 1.62. The van der Waals surface area contributed by atoms with Crippen molar-refractivity contribution in [3.8, 4) is 5.75 Å². The largest absolute Gasteiger partial charge is 0.494 e. The Hall–Kier alpha value is -2.66. The quantitative estimate of drug-likeness (QED) is 0.669. The Bertz CT molecular complexity index is 788. The fraction of sp³-hybridized carbons (Fsp3) is 0.158. The first-order valence-electron chi connectivity index (χ1n) is 7.76. The number of benzene rings is 1. The Morgan fingerprint density at radius 2 is 2.08 bits per heavy atom. The standard InChI is InChI=1S/C19H18N2O2S/c1-2-23-16-8-5-7-15(13-16)19(22)21(14-17-9-6-12-24-17)18-10-3-4-11-20-18/h3-13H,2,14H2,1H3. The highest BCUT2D eigenvalue weighted by molar-refractivity contribution is 7.09. The van der Waals surface area contributed by atoms with Gasteiger partial charge in [0.2, 0.25) is 0 Å². The summed E-state index contributed by atoms with van der Waals surface area (Å²) in [4.78, 5) is 20.2. The SMILES string of the molecule is CCOc1cccc(C(=O)N(Cc2cccs2)c2ccccn2)c1. The van der Waals surface area contributed by atoms with Crippen molar-refractivity contribution >= 4 is 23.1 Å². The molecule has 0 aliphatic rings. The van der Waals surface area contributed by atoms with Gasteiger partial charge in [-0.15, -0.1) is 11.3 Å². The minimum absolute atomic E-state index is 0.0938. The number of hydrogen-bond acceptors (Lipinski definition) is 4. The lowest BCUT2D eigenvalue weighted by Crippen LogP contribution is -2.30. The first kappa shape index (κ1) is 16.2. The number of anilines is 1. The normalized spacial score (nSPS) is 10.4. The number of carbonyl (C=O) groups excluding carboxylic acids is 1. The fourth-order valence-corrected chi connectivity index (χ4v) is 3.06. The van der Waals surface area contributed by atoms with Crippen LogP contribution >= 0.6 is 11.3 Å². The highest BCUT2D eigenvalue weighted by Gasteiger charge is 2.20. The third-order valence-electron chi connectivity index (χ3n) is 3.46. The van der Waals surface area contributed by atoms with Gasteiger partial charge in [-0.3, -0.25) is 9.69 Å². The summed E-state index contributed by atoms with van der Waals surface area (Å²) in [5.74, 6) is 1.24. The topological polar surface area (TPSA) is 42.4 Å². The molecule has 0 unspecified atom stereocenters. The monoisotopic (exact) mass is 338 g/mol. The molecule has 0 saturated carbocycles. The number of aromatic nitrogens is 1. The van der Waals surface area contributed by atoms with Gasteiger partial charge in [0.15, 0.2) is 0 Å². The Balaban J connectivity index is 1.92. The van der Waals surface area contributed by atoms with Gasteiger partial charge in [0.1, 0.15) is 11.6 Å². The molecule has 0 spiro atoms. The van der Waals surface area contributed by atoms with Gasteiger partial charge in [0, 0.05) is 16.6 Å². The van der Waals surface area contributed by atoms with Crippen molar-refractivity contribution in [1.82, 2.24) is 4.98 Å². The Morgan fingerprint density at radius 3 is 2.79 bits per heavy atom. The molecule has 2 heterocycles. The van der Waals surface area contributed by atoms with Crippen LogP contribution in [0.25, 0.3) is 0 Å². The van der Waals surface area contributed by atoms with Crippen LogP contribution in [0.4, 0.5) is 5.82 Å². The van der Waals surface area contributed by atoms with Gasteiger partial charge in [0.25, 0.3) is 5.91 Å². The van der Waals surface area contributed by atoms with E-state index in [-0.39, 0.29) is 5.91 Å². The summed E-state index contributed by atoms with van der Waals surface area (Å²) in [6, 6.07) is 16.8. The molecule has 2 aromatic heterocycles. The lowest BCUT2D eigenvalue weighted by molar-refractivity contribution is 0.0984. The zero-order valence-electron chi connectivity index (χ0n) is 13.4. The van der Waals surface area contributed by atoms with Crippen molar-refractivity contribution in [2.24, 2.45) is 0 Å². The van der Waals surface area contributed by atoms with E-state index in [1.54, 1.807) is 34.6 Å². The van der Waals surface area contributed by atoms with Gasteiger partial charge in [-0.2, -0.15) is 0 Å². The average molecular weight is 338 g/mol. The third kappa shape index (κ3) is 3.81. The highest BCUT2D eigenvalue weighted by Crippen LogP contribution is 2.22. The predicted molar refractivity (Wildman–Crippen MR) is 96.7 cm³/mol. The van der Waals surface area contributed by atoms with Crippen LogP contribution < -0.4 is 9.64 Å². The summed E-state index contributed by atoms with van der Waals surface area (Å²) in [5.41, 5.74) is 0.586. The van der Waals surface area contributed by atoms with E-state index in [4.69, 9.17) is 4.74 Å². The molecule has 122 valence electrons. The zero-order chi connectivity index (χ0) is 16.8. The van der Waals surface area contributed by atoms with Crippen LogP contribution in [0.1, 0.15) is 22.2 Å². The number of ether oxygens (including phenoxy) is 1. The van der Waals surface area contributed by atoms with Gasteiger partial charge < -0.3 is 4.74 Å². The highest BCUT2D eigenvalue weighted by atomic mass is 32.1. The smallest absolute Gasteiger partial charge is 0.259 e. The van der Waals surface area contributed by atoms with Crippen LogP contribution in [0, 0.1) is 0 Å². The van der Waals surface area contributed by atoms with Gasteiger partial charge in [-0.1, -0.05) is 18.2 Å². The molecule has 1 amide bonds. The van der Waals surface area contributed by atoms with E-state index in [1.165, 1.54) is 0 Å². The number of pyridine rings is 1. The van der Waals surface area contributed by atoms with Crippen molar-refractivity contribution in [3.05, 3.63) is 76.6 Å². The average Bonchev–Trinajstić information content (AvgIpc) is 3.14. The fourth-order valence-electron chi connectivity index (χ4n) is 2.37. The molecule has 1 aromatic carbocycles. The number of amides is 1. The molecular formula is C19H18N2O2S. The Morgan fingerprint density at radius 1 is 1.17 bits per heavy atom. The number of thiophene rings is 1. The molecule has 5 heteroatoms. The number of nitrogens with zero attached hydrogens (tertiary/aromatic N) is 2. The molecule has 0 saturated heterocycles. The van der Waals surface area contributed by atoms with E-state index in [2.05, 4.69) is 4.98 Å². The van der Waals surface area contributed by atoms with Crippen LogP contribution in [0.15, 0.2) is 66.2 Å². The first-order valence-corrected chi connectivity index (χ1v) is 8.64. The van der Waals surface area contributed by atoms with Gasteiger partial charge in [-0.05, 0) is 48.7 Å². The maximum absolute atomic E-state index is 13.1.